The number of likely N-dealkylation sites (tertiary alicyclic amines) is 1. The maximum absolute atomic E-state index is 12.4. The molecule has 0 aromatic carbocycles. The van der Waals surface area contributed by atoms with Gasteiger partial charge in [-0.3, -0.25) is 14.7 Å². The highest BCUT2D eigenvalue weighted by Gasteiger charge is 2.37. The maximum atomic E-state index is 12.4. The Kier molecular flexibility index (Phi) is 4.92. The summed E-state index contributed by atoms with van der Waals surface area (Å²) in [5.41, 5.74) is 1.19. The summed E-state index contributed by atoms with van der Waals surface area (Å²) in [7, 11) is 1.65. The van der Waals surface area contributed by atoms with Gasteiger partial charge in [-0.05, 0) is 13.0 Å². The first-order valence-electron chi connectivity index (χ1n) is 9.07. The molecule has 2 saturated heterocycles. The number of thiophene rings is 1. The quantitative estimate of drug-likeness (QED) is 0.838. The highest BCUT2D eigenvalue weighted by atomic mass is 32.1. The number of β-amino-alcohol motifs (C(OH)–C–C–N with tert-alkyl or cyclic N) is 1. The number of hydrogen-bond acceptors (Lipinski definition) is 7. The molecule has 8 heteroatoms. The minimum Gasteiger partial charge on any atom is -0.388 e. The number of rotatable bonds is 4. The first-order valence-corrected chi connectivity index (χ1v) is 9.89. The topological polar surface area (TPSA) is 87.6 Å². The Balaban J connectivity index is 1.57. The van der Waals surface area contributed by atoms with Crippen LogP contribution in [0.5, 0.6) is 0 Å². The van der Waals surface area contributed by atoms with E-state index in [-0.39, 0.29) is 11.8 Å². The largest absolute Gasteiger partial charge is 0.388 e. The number of carbonyl (C=O) groups is 1. The standard InChI is InChI=1S/C18H24N4O3S/c1-19-16(23)15-13(14-17(26-15)21-6-5-20-14)12-2-7-22(10-12)11-18(24)3-8-25-9-4-18/h5-6,12,24H,2-4,7-11H2,1H3,(H,19,23)/t12-/m1/s1. The number of ether oxygens (including phenoxy) is 1. The summed E-state index contributed by atoms with van der Waals surface area (Å²) in [6.07, 6.45) is 5.68. The van der Waals surface area contributed by atoms with Gasteiger partial charge in [-0.25, -0.2) is 4.98 Å². The number of nitrogens with one attached hydrogen (secondary N) is 1. The van der Waals surface area contributed by atoms with E-state index in [2.05, 4.69) is 20.2 Å². The molecule has 2 aliphatic heterocycles. The zero-order chi connectivity index (χ0) is 18.1. The van der Waals surface area contributed by atoms with Gasteiger partial charge in [0.15, 0.2) is 0 Å². The summed E-state index contributed by atoms with van der Waals surface area (Å²) in [4.78, 5) is 25.1. The zero-order valence-electron chi connectivity index (χ0n) is 14.9. The van der Waals surface area contributed by atoms with Crippen LogP contribution < -0.4 is 5.32 Å². The third-order valence-electron chi connectivity index (χ3n) is 5.42. The average molecular weight is 376 g/mol. The fourth-order valence-electron chi connectivity index (χ4n) is 4.04. The van der Waals surface area contributed by atoms with Crippen molar-refractivity contribution in [2.45, 2.75) is 30.8 Å². The van der Waals surface area contributed by atoms with E-state index in [1.165, 1.54) is 11.3 Å². The molecular formula is C18H24N4O3S. The Morgan fingerprint density at radius 1 is 1.42 bits per heavy atom. The lowest BCUT2D eigenvalue weighted by atomic mass is 9.93. The molecule has 26 heavy (non-hydrogen) atoms. The number of fused-ring (bicyclic) bond motifs is 1. The number of hydrogen-bond donors (Lipinski definition) is 2. The zero-order valence-corrected chi connectivity index (χ0v) is 15.7. The van der Waals surface area contributed by atoms with Gasteiger partial charge >= 0.3 is 0 Å². The van der Waals surface area contributed by atoms with E-state index in [1.807, 2.05) is 0 Å². The van der Waals surface area contributed by atoms with Crippen molar-refractivity contribution in [1.29, 1.82) is 0 Å². The Morgan fingerprint density at radius 2 is 2.19 bits per heavy atom. The van der Waals surface area contributed by atoms with E-state index < -0.39 is 5.60 Å². The number of carbonyl (C=O) groups excluding carboxylic acids is 1. The highest BCUT2D eigenvalue weighted by Crippen LogP contribution is 2.39. The lowest BCUT2D eigenvalue weighted by molar-refractivity contribution is -0.0773. The molecule has 1 atom stereocenters. The monoisotopic (exact) mass is 376 g/mol. The summed E-state index contributed by atoms with van der Waals surface area (Å²) in [6, 6.07) is 0. The normalized spacial score (nSPS) is 23.4. The summed E-state index contributed by atoms with van der Waals surface area (Å²) < 4.78 is 5.38. The van der Waals surface area contributed by atoms with E-state index in [9.17, 15) is 9.90 Å². The maximum Gasteiger partial charge on any atom is 0.261 e. The molecule has 140 valence electrons. The van der Waals surface area contributed by atoms with Crippen LogP contribution in [0.25, 0.3) is 10.3 Å². The first-order chi connectivity index (χ1) is 12.6. The van der Waals surface area contributed by atoms with Crippen molar-refractivity contribution in [2.24, 2.45) is 0 Å². The second kappa shape index (κ2) is 7.19. The Hall–Kier alpha value is -1.61. The number of nitrogens with zero attached hydrogens (tertiary/aromatic N) is 3. The Labute approximate surface area is 156 Å². The minimum absolute atomic E-state index is 0.0775. The van der Waals surface area contributed by atoms with Crippen LogP contribution in [0.4, 0.5) is 0 Å². The summed E-state index contributed by atoms with van der Waals surface area (Å²) in [5, 5.41) is 13.5. The third kappa shape index (κ3) is 3.34. The molecule has 2 fully saturated rings. The molecule has 2 aromatic heterocycles. The van der Waals surface area contributed by atoms with Gasteiger partial charge in [0.1, 0.15) is 10.3 Å². The van der Waals surface area contributed by atoms with Crippen molar-refractivity contribution in [3.63, 3.8) is 0 Å². The van der Waals surface area contributed by atoms with Gasteiger partial charge in [-0.1, -0.05) is 0 Å². The molecule has 0 spiro atoms. The van der Waals surface area contributed by atoms with Crippen LogP contribution in [0.2, 0.25) is 0 Å². The van der Waals surface area contributed by atoms with Gasteiger partial charge in [0, 0.05) is 70.1 Å². The second-order valence-corrected chi connectivity index (χ2v) is 8.19. The minimum atomic E-state index is -0.659. The van der Waals surface area contributed by atoms with Gasteiger partial charge in [0.2, 0.25) is 0 Å². The highest BCUT2D eigenvalue weighted by molar-refractivity contribution is 7.20. The van der Waals surface area contributed by atoms with Crippen molar-refractivity contribution in [3.8, 4) is 0 Å². The van der Waals surface area contributed by atoms with Crippen molar-refractivity contribution < 1.29 is 14.6 Å². The van der Waals surface area contributed by atoms with Crippen LogP contribution in [0.15, 0.2) is 12.4 Å². The third-order valence-corrected chi connectivity index (χ3v) is 6.52. The average Bonchev–Trinajstić information content (AvgIpc) is 3.25. The van der Waals surface area contributed by atoms with Crippen molar-refractivity contribution in [2.75, 3.05) is 39.9 Å². The van der Waals surface area contributed by atoms with Gasteiger partial charge in [-0.2, -0.15) is 0 Å². The SMILES string of the molecule is CNC(=O)c1sc2nccnc2c1[C@@H]1CCN(CC2(O)CCOCC2)C1. The molecule has 0 unspecified atom stereocenters. The molecule has 2 N–H and O–H groups in total. The van der Waals surface area contributed by atoms with Crippen LogP contribution in [-0.2, 0) is 4.74 Å². The molecule has 0 radical (unpaired) electrons. The van der Waals surface area contributed by atoms with Crippen LogP contribution in [0.1, 0.15) is 40.4 Å². The van der Waals surface area contributed by atoms with Crippen LogP contribution in [-0.4, -0.2) is 71.4 Å². The van der Waals surface area contributed by atoms with E-state index in [0.717, 1.165) is 35.4 Å². The second-order valence-electron chi connectivity index (χ2n) is 7.19. The fraction of sp³-hybridized carbons (Fsp3) is 0.611. The van der Waals surface area contributed by atoms with Crippen molar-refractivity contribution in [1.82, 2.24) is 20.2 Å². The predicted molar refractivity (Wildman–Crippen MR) is 99.6 cm³/mol. The van der Waals surface area contributed by atoms with Crippen LogP contribution in [0, 0.1) is 0 Å². The van der Waals surface area contributed by atoms with Gasteiger partial charge in [-0.15, -0.1) is 11.3 Å². The molecule has 1 amide bonds. The molecule has 0 aliphatic carbocycles. The molecule has 7 nitrogen and oxygen atoms in total. The number of aliphatic hydroxyl groups is 1. The van der Waals surface area contributed by atoms with E-state index in [1.54, 1.807) is 19.4 Å². The molecular weight excluding hydrogens is 352 g/mol. The van der Waals surface area contributed by atoms with E-state index in [4.69, 9.17) is 4.74 Å². The molecule has 4 rings (SSSR count). The molecule has 0 saturated carbocycles. The molecule has 4 heterocycles. The van der Waals surface area contributed by atoms with Crippen molar-refractivity contribution in [3.05, 3.63) is 22.8 Å². The molecule has 2 aliphatic rings. The summed E-state index contributed by atoms with van der Waals surface area (Å²) in [6.45, 7) is 3.66. The number of amides is 1. The van der Waals surface area contributed by atoms with Crippen LogP contribution >= 0.6 is 11.3 Å². The van der Waals surface area contributed by atoms with Crippen molar-refractivity contribution >= 4 is 27.6 Å². The van der Waals surface area contributed by atoms with E-state index >= 15 is 0 Å². The van der Waals surface area contributed by atoms with Gasteiger partial charge < -0.3 is 15.2 Å². The van der Waals surface area contributed by atoms with Gasteiger partial charge in [0.05, 0.1) is 10.5 Å². The lowest BCUT2D eigenvalue weighted by Crippen LogP contribution is -2.46. The first kappa shape index (κ1) is 17.8. The molecule has 0 bridgehead atoms. The fourth-order valence-corrected chi connectivity index (χ4v) is 5.18. The lowest BCUT2D eigenvalue weighted by Gasteiger charge is -2.35. The number of aromatic nitrogens is 2. The predicted octanol–water partition coefficient (Wildman–Crippen LogP) is 1.38. The van der Waals surface area contributed by atoms with Gasteiger partial charge in [0.25, 0.3) is 5.91 Å². The summed E-state index contributed by atoms with van der Waals surface area (Å²) >= 11 is 1.41. The Morgan fingerprint density at radius 3 is 2.96 bits per heavy atom. The van der Waals surface area contributed by atoms with E-state index in [0.29, 0.717) is 37.5 Å². The van der Waals surface area contributed by atoms with Crippen LogP contribution in [0.3, 0.4) is 0 Å². The summed E-state index contributed by atoms with van der Waals surface area (Å²) in [5.74, 6) is 0.155. The molecule has 2 aromatic rings. The smallest absolute Gasteiger partial charge is 0.261 e. The Bertz CT molecular complexity index is 803.